The molecule has 0 saturated heterocycles. The lowest BCUT2D eigenvalue weighted by Crippen LogP contribution is -2.18. The number of fused-ring (bicyclic) bond motifs is 1. The number of hydrogen-bond donors (Lipinski definition) is 3. The van der Waals surface area contributed by atoms with Crippen molar-refractivity contribution in [3.63, 3.8) is 0 Å². The molecule has 2 heterocycles. The van der Waals surface area contributed by atoms with E-state index < -0.39 is 5.91 Å². The number of nitrogens with zero attached hydrogens (tertiary/aromatic N) is 3. The zero-order chi connectivity index (χ0) is 13.4. The monoisotopic (exact) mass is 261 g/mol. The lowest BCUT2D eigenvalue weighted by molar-refractivity contribution is 0.0991. The molecule has 1 aliphatic rings. The third-order valence-corrected chi connectivity index (χ3v) is 3.55. The molecule has 1 fully saturated rings. The quantitative estimate of drug-likeness (QED) is 0.726. The second-order valence-electron chi connectivity index (χ2n) is 4.92. The SMILES string of the molecule is NC(=O)c1nc2nc(C3CCC(O)CC3)ncc2[nH]1. The lowest BCUT2D eigenvalue weighted by Gasteiger charge is -2.23. The predicted octanol–water partition coefficient (Wildman–Crippen LogP) is 0.470. The number of primary amides is 1. The molecule has 0 atom stereocenters. The number of rotatable bonds is 2. The van der Waals surface area contributed by atoms with Crippen molar-refractivity contribution in [2.75, 3.05) is 0 Å². The van der Waals surface area contributed by atoms with Gasteiger partial charge in [0.1, 0.15) is 11.3 Å². The summed E-state index contributed by atoms with van der Waals surface area (Å²) in [5.74, 6) is 0.462. The Hall–Kier alpha value is -2.02. The first-order valence-electron chi connectivity index (χ1n) is 6.34. The molecule has 0 radical (unpaired) electrons. The van der Waals surface area contributed by atoms with Gasteiger partial charge in [-0.1, -0.05) is 0 Å². The minimum atomic E-state index is -0.611. The maximum Gasteiger partial charge on any atom is 0.284 e. The van der Waals surface area contributed by atoms with Gasteiger partial charge in [-0.05, 0) is 25.7 Å². The molecular formula is C12H15N5O2. The molecule has 7 heteroatoms. The molecule has 4 N–H and O–H groups in total. The molecule has 7 nitrogen and oxygen atoms in total. The molecule has 1 amide bonds. The van der Waals surface area contributed by atoms with E-state index in [9.17, 15) is 9.90 Å². The highest BCUT2D eigenvalue weighted by atomic mass is 16.3. The Morgan fingerprint density at radius 3 is 2.74 bits per heavy atom. The number of amides is 1. The number of aliphatic hydroxyl groups is 1. The van der Waals surface area contributed by atoms with Gasteiger partial charge in [-0.15, -0.1) is 0 Å². The van der Waals surface area contributed by atoms with E-state index in [0.717, 1.165) is 31.5 Å². The molecule has 19 heavy (non-hydrogen) atoms. The van der Waals surface area contributed by atoms with E-state index in [1.54, 1.807) is 6.20 Å². The van der Waals surface area contributed by atoms with Gasteiger partial charge in [0.25, 0.3) is 5.91 Å². The number of nitrogens with one attached hydrogen (secondary N) is 1. The molecule has 0 aromatic carbocycles. The van der Waals surface area contributed by atoms with Crippen LogP contribution in [-0.4, -0.2) is 37.1 Å². The highest BCUT2D eigenvalue weighted by Crippen LogP contribution is 2.31. The summed E-state index contributed by atoms with van der Waals surface area (Å²) in [6, 6.07) is 0. The van der Waals surface area contributed by atoms with Crippen molar-refractivity contribution in [1.29, 1.82) is 0 Å². The highest BCUT2D eigenvalue weighted by molar-refractivity contribution is 5.92. The van der Waals surface area contributed by atoms with Gasteiger partial charge in [-0.25, -0.2) is 15.0 Å². The average molecular weight is 261 g/mol. The number of hydrogen-bond acceptors (Lipinski definition) is 5. The molecule has 0 unspecified atom stereocenters. The Morgan fingerprint density at radius 2 is 2.05 bits per heavy atom. The first kappa shape index (κ1) is 12.0. The van der Waals surface area contributed by atoms with Crippen molar-refractivity contribution in [2.24, 2.45) is 5.73 Å². The minimum Gasteiger partial charge on any atom is -0.393 e. The fourth-order valence-corrected chi connectivity index (χ4v) is 2.47. The Kier molecular flexibility index (Phi) is 2.90. The summed E-state index contributed by atoms with van der Waals surface area (Å²) in [5, 5.41) is 9.50. The van der Waals surface area contributed by atoms with E-state index in [1.165, 1.54) is 0 Å². The van der Waals surface area contributed by atoms with Crippen molar-refractivity contribution in [3.05, 3.63) is 17.8 Å². The topological polar surface area (TPSA) is 118 Å². The van der Waals surface area contributed by atoms with Crippen molar-refractivity contribution in [1.82, 2.24) is 19.9 Å². The van der Waals surface area contributed by atoms with Gasteiger partial charge in [0, 0.05) is 5.92 Å². The van der Waals surface area contributed by atoms with Crippen molar-refractivity contribution in [2.45, 2.75) is 37.7 Å². The zero-order valence-electron chi connectivity index (χ0n) is 10.3. The standard InChI is InChI=1S/C12H15N5O2/c13-9(19)12-15-8-5-14-10(16-11(8)17-12)6-1-3-7(18)4-2-6/h5-7,18H,1-4H2,(H2,13,19)(H,14,15,16,17). The van der Waals surface area contributed by atoms with E-state index in [-0.39, 0.29) is 17.8 Å². The van der Waals surface area contributed by atoms with Gasteiger partial charge in [0.15, 0.2) is 11.5 Å². The van der Waals surface area contributed by atoms with Crippen LogP contribution in [0.1, 0.15) is 48.0 Å². The summed E-state index contributed by atoms with van der Waals surface area (Å²) < 4.78 is 0. The first-order chi connectivity index (χ1) is 9.13. The number of H-pyrrole nitrogens is 1. The number of aromatic nitrogens is 4. The minimum absolute atomic E-state index is 0.0977. The maximum absolute atomic E-state index is 11.0. The number of aromatic amines is 1. The molecule has 1 saturated carbocycles. The van der Waals surface area contributed by atoms with Gasteiger partial charge < -0.3 is 15.8 Å². The average Bonchev–Trinajstić information content (AvgIpc) is 2.82. The number of carbonyl (C=O) groups excluding carboxylic acids is 1. The fraction of sp³-hybridized carbons (Fsp3) is 0.500. The van der Waals surface area contributed by atoms with Crippen LogP contribution < -0.4 is 5.73 Å². The summed E-state index contributed by atoms with van der Waals surface area (Å²) in [7, 11) is 0. The van der Waals surface area contributed by atoms with Gasteiger partial charge >= 0.3 is 0 Å². The van der Waals surface area contributed by atoms with E-state index in [4.69, 9.17) is 5.73 Å². The predicted molar refractivity (Wildman–Crippen MR) is 67.4 cm³/mol. The van der Waals surface area contributed by atoms with Crippen LogP contribution in [0.4, 0.5) is 0 Å². The number of nitrogens with two attached hydrogens (primary N) is 1. The Labute approximate surface area is 109 Å². The molecule has 2 aromatic rings. The normalized spacial score (nSPS) is 23.6. The summed E-state index contributed by atoms with van der Waals surface area (Å²) >= 11 is 0. The van der Waals surface area contributed by atoms with Crippen LogP contribution in [0.5, 0.6) is 0 Å². The molecule has 0 bridgehead atoms. The first-order valence-corrected chi connectivity index (χ1v) is 6.34. The molecular weight excluding hydrogens is 246 g/mol. The Balaban J connectivity index is 1.90. The van der Waals surface area contributed by atoms with E-state index in [0.29, 0.717) is 11.2 Å². The summed E-state index contributed by atoms with van der Waals surface area (Å²) in [6.07, 6.45) is 4.73. The van der Waals surface area contributed by atoms with Crippen LogP contribution in [0.15, 0.2) is 6.20 Å². The number of carbonyl (C=O) groups is 1. The molecule has 0 spiro atoms. The summed E-state index contributed by atoms with van der Waals surface area (Å²) in [6.45, 7) is 0. The van der Waals surface area contributed by atoms with Crippen LogP contribution in [0.25, 0.3) is 11.2 Å². The Bertz CT molecular complexity index is 616. The third-order valence-electron chi connectivity index (χ3n) is 3.55. The van der Waals surface area contributed by atoms with Gasteiger partial charge in [0.2, 0.25) is 0 Å². The van der Waals surface area contributed by atoms with Crippen molar-refractivity contribution < 1.29 is 9.90 Å². The second-order valence-corrected chi connectivity index (χ2v) is 4.92. The van der Waals surface area contributed by atoms with Crippen molar-refractivity contribution in [3.8, 4) is 0 Å². The van der Waals surface area contributed by atoms with Crippen LogP contribution >= 0.6 is 0 Å². The molecule has 3 rings (SSSR count). The molecule has 0 aliphatic heterocycles. The van der Waals surface area contributed by atoms with Crippen molar-refractivity contribution >= 4 is 17.1 Å². The largest absolute Gasteiger partial charge is 0.393 e. The lowest BCUT2D eigenvalue weighted by atomic mass is 9.87. The van der Waals surface area contributed by atoms with E-state index in [2.05, 4.69) is 19.9 Å². The van der Waals surface area contributed by atoms with Crippen LogP contribution in [0.2, 0.25) is 0 Å². The number of aliphatic hydroxyl groups excluding tert-OH is 1. The Morgan fingerprint density at radius 1 is 1.32 bits per heavy atom. The summed E-state index contributed by atoms with van der Waals surface area (Å²) in [4.78, 5) is 26.6. The third kappa shape index (κ3) is 2.28. The van der Waals surface area contributed by atoms with Gasteiger partial charge in [-0.3, -0.25) is 4.79 Å². The molecule has 100 valence electrons. The number of imidazole rings is 1. The zero-order valence-corrected chi connectivity index (χ0v) is 10.3. The summed E-state index contributed by atoms with van der Waals surface area (Å²) in [5.41, 5.74) is 6.23. The van der Waals surface area contributed by atoms with Crippen LogP contribution in [0.3, 0.4) is 0 Å². The van der Waals surface area contributed by atoms with Gasteiger partial charge in [0.05, 0.1) is 12.3 Å². The molecule has 2 aromatic heterocycles. The smallest absolute Gasteiger partial charge is 0.284 e. The van der Waals surface area contributed by atoms with Crippen LogP contribution in [-0.2, 0) is 0 Å². The second kappa shape index (κ2) is 4.58. The fourth-order valence-electron chi connectivity index (χ4n) is 2.47. The van der Waals surface area contributed by atoms with Crippen LogP contribution in [0, 0.1) is 0 Å². The molecule has 1 aliphatic carbocycles. The van der Waals surface area contributed by atoms with Gasteiger partial charge in [-0.2, -0.15) is 0 Å². The van der Waals surface area contributed by atoms with E-state index >= 15 is 0 Å². The maximum atomic E-state index is 11.0. The van der Waals surface area contributed by atoms with E-state index in [1.807, 2.05) is 0 Å². The highest BCUT2D eigenvalue weighted by Gasteiger charge is 2.23.